The van der Waals surface area contributed by atoms with Crippen LogP contribution < -0.4 is 10.6 Å². The second-order valence-electron chi connectivity index (χ2n) is 6.83. The molecule has 5 heteroatoms. The SMILES string of the molecule is CCCOC(=O)c1ccc(NCC(=O)NC(C2CC2)C2CC2)cc1. The van der Waals surface area contributed by atoms with E-state index >= 15 is 0 Å². The molecule has 3 rings (SSSR count). The number of amides is 1. The van der Waals surface area contributed by atoms with Crippen molar-refractivity contribution >= 4 is 17.6 Å². The van der Waals surface area contributed by atoms with Gasteiger partial charge in [0.25, 0.3) is 0 Å². The van der Waals surface area contributed by atoms with Gasteiger partial charge in [0.1, 0.15) is 0 Å². The third kappa shape index (κ3) is 4.73. The first-order chi connectivity index (χ1) is 11.7. The smallest absolute Gasteiger partial charge is 0.338 e. The van der Waals surface area contributed by atoms with Crippen LogP contribution >= 0.6 is 0 Å². The molecule has 5 nitrogen and oxygen atoms in total. The largest absolute Gasteiger partial charge is 0.462 e. The Morgan fingerprint density at radius 3 is 2.29 bits per heavy atom. The number of anilines is 1. The fraction of sp³-hybridized carbons (Fsp3) is 0.579. The highest BCUT2D eigenvalue weighted by atomic mass is 16.5. The molecule has 0 atom stereocenters. The molecule has 130 valence electrons. The number of benzene rings is 1. The summed E-state index contributed by atoms with van der Waals surface area (Å²) in [4.78, 5) is 23.9. The lowest BCUT2D eigenvalue weighted by molar-refractivity contribution is -0.120. The highest BCUT2D eigenvalue weighted by Crippen LogP contribution is 2.44. The molecule has 24 heavy (non-hydrogen) atoms. The maximum absolute atomic E-state index is 12.1. The number of ether oxygens (including phenoxy) is 1. The van der Waals surface area contributed by atoms with Crippen molar-refractivity contribution in [1.29, 1.82) is 0 Å². The third-order valence-electron chi connectivity index (χ3n) is 4.60. The van der Waals surface area contributed by atoms with E-state index in [1.54, 1.807) is 24.3 Å². The van der Waals surface area contributed by atoms with Gasteiger partial charge in [-0.3, -0.25) is 4.79 Å². The summed E-state index contributed by atoms with van der Waals surface area (Å²) >= 11 is 0. The molecule has 2 fully saturated rings. The molecule has 0 radical (unpaired) electrons. The highest BCUT2D eigenvalue weighted by molar-refractivity contribution is 5.90. The molecule has 0 bridgehead atoms. The average molecular weight is 330 g/mol. The van der Waals surface area contributed by atoms with Gasteiger partial charge in [-0.25, -0.2) is 4.79 Å². The molecule has 1 aromatic carbocycles. The molecule has 0 saturated heterocycles. The third-order valence-corrected chi connectivity index (χ3v) is 4.60. The summed E-state index contributed by atoms with van der Waals surface area (Å²) in [6, 6.07) is 7.42. The van der Waals surface area contributed by atoms with Gasteiger partial charge in [0, 0.05) is 11.7 Å². The summed E-state index contributed by atoms with van der Waals surface area (Å²) in [6.45, 7) is 2.65. The van der Waals surface area contributed by atoms with E-state index in [0.717, 1.165) is 12.1 Å². The van der Waals surface area contributed by atoms with Gasteiger partial charge in [-0.15, -0.1) is 0 Å². The Bertz CT molecular complexity index is 565. The topological polar surface area (TPSA) is 67.4 Å². The summed E-state index contributed by atoms with van der Waals surface area (Å²) in [5.74, 6) is 1.15. The molecule has 1 aromatic rings. The normalized spacial score (nSPS) is 16.8. The van der Waals surface area contributed by atoms with Crippen molar-refractivity contribution < 1.29 is 14.3 Å². The fourth-order valence-electron chi connectivity index (χ4n) is 2.95. The van der Waals surface area contributed by atoms with Crippen molar-refractivity contribution in [2.24, 2.45) is 11.8 Å². The minimum atomic E-state index is -0.308. The summed E-state index contributed by atoms with van der Waals surface area (Å²) in [5.41, 5.74) is 1.35. The van der Waals surface area contributed by atoms with E-state index in [1.807, 2.05) is 6.92 Å². The predicted molar refractivity (Wildman–Crippen MR) is 92.9 cm³/mol. The standard InChI is InChI=1S/C19H26N2O3/c1-2-11-24-19(23)15-7-9-16(10-8-15)20-12-17(22)21-18(13-3-4-13)14-5-6-14/h7-10,13-14,18,20H,2-6,11-12H2,1H3,(H,21,22). The van der Waals surface area contributed by atoms with Crippen molar-refractivity contribution in [2.75, 3.05) is 18.5 Å². The van der Waals surface area contributed by atoms with E-state index in [1.165, 1.54) is 25.7 Å². The van der Waals surface area contributed by atoms with Crippen molar-refractivity contribution in [2.45, 2.75) is 45.1 Å². The zero-order valence-corrected chi connectivity index (χ0v) is 14.2. The van der Waals surface area contributed by atoms with Crippen LogP contribution in [0.15, 0.2) is 24.3 Å². The predicted octanol–water partition coefficient (Wildman–Crippen LogP) is 2.97. The summed E-state index contributed by atoms with van der Waals surface area (Å²) < 4.78 is 5.09. The van der Waals surface area contributed by atoms with Crippen LogP contribution in [0, 0.1) is 11.8 Å². The van der Waals surface area contributed by atoms with E-state index in [4.69, 9.17) is 4.74 Å². The molecule has 1 amide bonds. The average Bonchev–Trinajstić information content (AvgIpc) is 3.49. The Balaban J connectivity index is 1.44. The molecular formula is C19H26N2O3. The van der Waals surface area contributed by atoms with E-state index < -0.39 is 0 Å². The number of carbonyl (C=O) groups excluding carboxylic acids is 2. The van der Waals surface area contributed by atoms with Crippen LogP contribution in [0.5, 0.6) is 0 Å². The molecule has 2 saturated carbocycles. The quantitative estimate of drug-likeness (QED) is 0.683. The van der Waals surface area contributed by atoms with Crippen LogP contribution in [0.4, 0.5) is 5.69 Å². The molecule has 0 spiro atoms. The minimum absolute atomic E-state index is 0.0465. The van der Waals surface area contributed by atoms with E-state index in [9.17, 15) is 9.59 Å². The molecule has 2 aliphatic carbocycles. The van der Waals surface area contributed by atoms with Gasteiger partial charge in [-0.1, -0.05) is 6.92 Å². The zero-order chi connectivity index (χ0) is 16.9. The summed E-state index contributed by atoms with van der Waals surface area (Å²) in [6.07, 6.45) is 5.83. The minimum Gasteiger partial charge on any atom is -0.462 e. The van der Waals surface area contributed by atoms with E-state index in [2.05, 4.69) is 10.6 Å². The van der Waals surface area contributed by atoms with Crippen molar-refractivity contribution in [3.8, 4) is 0 Å². The van der Waals surface area contributed by atoms with Gasteiger partial charge in [0.15, 0.2) is 0 Å². The van der Waals surface area contributed by atoms with Crippen LogP contribution in [0.25, 0.3) is 0 Å². The van der Waals surface area contributed by atoms with Gasteiger partial charge in [0.2, 0.25) is 5.91 Å². The zero-order valence-electron chi connectivity index (χ0n) is 14.2. The van der Waals surface area contributed by atoms with Crippen molar-refractivity contribution in [3.63, 3.8) is 0 Å². The number of carbonyl (C=O) groups is 2. The molecule has 2 aliphatic rings. The van der Waals surface area contributed by atoms with Gasteiger partial charge in [-0.05, 0) is 68.2 Å². The lowest BCUT2D eigenvalue weighted by Gasteiger charge is -2.18. The van der Waals surface area contributed by atoms with Crippen LogP contribution in [0.2, 0.25) is 0 Å². The van der Waals surface area contributed by atoms with Gasteiger partial charge in [0.05, 0.1) is 18.7 Å². The molecule has 0 aliphatic heterocycles. The van der Waals surface area contributed by atoms with Crippen LogP contribution in [0.3, 0.4) is 0 Å². The first-order valence-corrected chi connectivity index (χ1v) is 8.97. The highest BCUT2D eigenvalue weighted by Gasteiger charge is 2.42. The Labute approximate surface area is 143 Å². The number of esters is 1. The maximum atomic E-state index is 12.1. The first kappa shape index (κ1) is 16.8. The van der Waals surface area contributed by atoms with Crippen molar-refractivity contribution in [3.05, 3.63) is 29.8 Å². The Hall–Kier alpha value is -2.04. The van der Waals surface area contributed by atoms with Gasteiger partial charge < -0.3 is 15.4 Å². The summed E-state index contributed by atoms with van der Waals surface area (Å²) in [5, 5.41) is 6.30. The number of hydrogen-bond acceptors (Lipinski definition) is 4. The fourth-order valence-corrected chi connectivity index (χ4v) is 2.95. The lowest BCUT2D eigenvalue weighted by atomic mass is 10.1. The summed E-state index contributed by atoms with van der Waals surface area (Å²) in [7, 11) is 0. The van der Waals surface area contributed by atoms with Crippen molar-refractivity contribution in [1.82, 2.24) is 5.32 Å². The van der Waals surface area contributed by atoms with E-state index in [-0.39, 0.29) is 18.4 Å². The van der Waals surface area contributed by atoms with Gasteiger partial charge in [-0.2, -0.15) is 0 Å². The molecule has 2 N–H and O–H groups in total. The maximum Gasteiger partial charge on any atom is 0.338 e. The molecular weight excluding hydrogens is 304 g/mol. The second kappa shape index (κ2) is 7.69. The number of hydrogen-bond donors (Lipinski definition) is 2. The van der Waals surface area contributed by atoms with Crippen LogP contribution in [-0.2, 0) is 9.53 Å². The lowest BCUT2D eigenvalue weighted by Crippen LogP contribution is -2.41. The van der Waals surface area contributed by atoms with Gasteiger partial charge >= 0.3 is 5.97 Å². The monoisotopic (exact) mass is 330 g/mol. The number of rotatable bonds is 9. The Morgan fingerprint density at radius 2 is 1.75 bits per heavy atom. The Kier molecular flexibility index (Phi) is 5.38. The van der Waals surface area contributed by atoms with Crippen LogP contribution in [0.1, 0.15) is 49.4 Å². The second-order valence-corrected chi connectivity index (χ2v) is 6.83. The molecule has 0 heterocycles. The number of nitrogens with one attached hydrogen (secondary N) is 2. The molecule has 0 unspecified atom stereocenters. The molecule has 0 aromatic heterocycles. The van der Waals surface area contributed by atoms with Crippen LogP contribution in [-0.4, -0.2) is 31.1 Å². The van der Waals surface area contributed by atoms with E-state index in [0.29, 0.717) is 30.0 Å². The Morgan fingerprint density at radius 1 is 1.12 bits per heavy atom. The first-order valence-electron chi connectivity index (χ1n) is 8.97.